The van der Waals surface area contributed by atoms with Crippen LogP contribution in [-0.2, 0) is 12.0 Å². The van der Waals surface area contributed by atoms with Gasteiger partial charge in [0.25, 0.3) is 5.69 Å². The van der Waals surface area contributed by atoms with Crippen LogP contribution < -0.4 is 4.90 Å². The molecule has 9 heteroatoms. The summed E-state index contributed by atoms with van der Waals surface area (Å²) in [6, 6.07) is 0. The van der Waals surface area contributed by atoms with E-state index in [-0.39, 0.29) is 47.0 Å². The van der Waals surface area contributed by atoms with E-state index in [1.807, 2.05) is 0 Å². The summed E-state index contributed by atoms with van der Waals surface area (Å²) in [7, 11) is 0. The normalized spacial score (nSPS) is 26.3. The summed E-state index contributed by atoms with van der Waals surface area (Å²) in [6.45, 7) is 1.48. The molecular formula is C9H12N4O5. The van der Waals surface area contributed by atoms with Crippen LogP contribution in [0.3, 0.4) is 0 Å². The Kier molecular flexibility index (Phi) is 2.91. The van der Waals surface area contributed by atoms with Crippen LogP contribution in [0.5, 0.6) is 0 Å². The van der Waals surface area contributed by atoms with Crippen LogP contribution >= 0.6 is 0 Å². The highest BCUT2D eigenvalue weighted by atomic mass is 16.8. The fraction of sp³-hybridized carbons (Fsp3) is 0.556. The topological polar surface area (TPSA) is 138 Å². The molecule has 3 N–H and O–H groups in total. The summed E-state index contributed by atoms with van der Waals surface area (Å²) in [6.07, 6.45) is 0.282. The van der Waals surface area contributed by atoms with Crippen LogP contribution in [-0.4, -0.2) is 32.1 Å². The average molecular weight is 256 g/mol. The van der Waals surface area contributed by atoms with E-state index in [0.717, 1.165) is 0 Å². The van der Waals surface area contributed by atoms with Gasteiger partial charge in [0.05, 0.1) is 11.4 Å². The van der Waals surface area contributed by atoms with E-state index in [2.05, 4.69) is 20.1 Å². The molecule has 98 valence electrons. The van der Waals surface area contributed by atoms with Gasteiger partial charge in [-0.15, -0.1) is 0 Å². The summed E-state index contributed by atoms with van der Waals surface area (Å²) in [5, 5.41) is 48.9. The van der Waals surface area contributed by atoms with Gasteiger partial charge in [-0.1, -0.05) is 10.3 Å². The van der Waals surface area contributed by atoms with Gasteiger partial charge in [0.15, 0.2) is 5.60 Å². The molecule has 1 aliphatic carbocycles. The lowest BCUT2D eigenvalue weighted by Crippen LogP contribution is -2.44. The van der Waals surface area contributed by atoms with Crippen molar-refractivity contribution in [3.63, 3.8) is 0 Å². The second-order valence-corrected chi connectivity index (χ2v) is 4.14. The van der Waals surface area contributed by atoms with E-state index in [4.69, 9.17) is 10.4 Å². The molecule has 0 saturated carbocycles. The van der Waals surface area contributed by atoms with Crippen molar-refractivity contribution in [2.24, 2.45) is 10.3 Å². The van der Waals surface area contributed by atoms with Crippen LogP contribution in [0, 0.1) is 5.21 Å². The predicted molar refractivity (Wildman–Crippen MR) is 56.4 cm³/mol. The van der Waals surface area contributed by atoms with Crippen LogP contribution in [0.4, 0.5) is 0 Å². The zero-order valence-electron chi connectivity index (χ0n) is 9.57. The second kappa shape index (κ2) is 4.26. The van der Waals surface area contributed by atoms with Crippen molar-refractivity contribution < 1.29 is 25.1 Å². The summed E-state index contributed by atoms with van der Waals surface area (Å²) >= 11 is 0. The number of nitrogens with zero attached hydrogens (tertiary/aromatic N) is 4. The SMILES string of the molecule is C/C(C[C@@]1(O)C(=NO)CCc2c1no[n+]2[O-])=N\O. The van der Waals surface area contributed by atoms with Crippen molar-refractivity contribution in [3.05, 3.63) is 16.6 Å². The molecule has 0 unspecified atom stereocenters. The van der Waals surface area contributed by atoms with E-state index in [1.165, 1.54) is 6.92 Å². The smallest absolute Gasteiger partial charge is 0.258 e. The Morgan fingerprint density at radius 1 is 1.56 bits per heavy atom. The third kappa shape index (κ3) is 1.68. The van der Waals surface area contributed by atoms with Crippen LogP contribution in [0.25, 0.3) is 0 Å². The Balaban J connectivity index is 2.53. The highest BCUT2D eigenvalue weighted by Gasteiger charge is 2.49. The highest BCUT2D eigenvalue weighted by molar-refractivity contribution is 5.98. The molecule has 0 fully saturated rings. The first kappa shape index (κ1) is 12.3. The number of aliphatic hydroxyl groups is 1. The Hall–Kier alpha value is -2.16. The van der Waals surface area contributed by atoms with Gasteiger partial charge in [-0.3, -0.25) is 4.63 Å². The Morgan fingerprint density at radius 2 is 2.28 bits per heavy atom. The molecule has 0 bridgehead atoms. The average Bonchev–Trinajstić information content (AvgIpc) is 2.72. The van der Waals surface area contributed by atoms with Gasteiger partial charge in [-0.25, -0.2) is 0 Å². The maximum Gasteiger partial charge on any atom is 0.258 e. The lowest BCUT2D eigenvalue weighted by molar-refractivity contribution is -0.808. The molecule has 0 aliphatic heterocycles. The molecule has 1 aliphatic rings. The molecule has 1 atom stereocenters. The number of aromatic nitrogens is 2. The van der Waals surface area contributed by atoms with Crippen molar-refractivity contribution in [3.8, 4) is 0 Å². The van der Waals surface area contributed by atoms with Crippen LogP contribution in [0.15, 0.2) is 14.9 Å². The van der Waals surface area contributed by atoms with Gasteiger partial charge < -0.3 is 20.7 Å². The quantitative estimate of drug-likeness (QED) is 0.282. The molecule has 1 heterocycles. The molecule has 2 rings (SSSR count). The molecule has 0 aromatic carbocycles. The summed E-state index contributed by atoms with van der Waals surface area (Å²) in [5.41, 5.74) is -1.38. The molecule has 0 spiro atoms. The number of fused-ring (bicyclic) bond motifs is 1. The predicted octanol–water partition coefficient (Wildman–Crippen LogP) is -0.488. The number of hydrogen-bond donors (Lipinski definition) is 3. The summed E-state index contributed by atoms with van der Waals surface area (Å²) < 4.78 is 4.43. The summed E-state index contributed by atoms with van der Waals surface area (Å²) in [5.74, 6) is 0. The largest absolute Gasteiger partial charge is 0.411 e. The fourth-order valence-corrected chi connectivity index (χ4v) is 2.09. The third-order valence-corrected chi connectivity index (χ3v) is 2.97. The Labute approximate surface area is 101 Å². The van der Waals surface area contributed by atoms with Crippen LogP contribution in [0.1, 0.15) is 31.2 Å². The lowest BCUT2D eigenvalue weighted by Gasteiger charge is -2.27. The molecule has 0 amide bonds. The zero-order valence-corrected chi connectivity index (χ0v) is 9.57. The standard InChI is InChI=1S/C9H12N4O5/c1-5(10-15)4-9(14)7(11-16)3-2-6-8(9)12-18-13(6)17/h14-16H,2-4H2,1H3/b10-5+,11-7?/t9-/m1/s1. The van der Waals surface area contributed by atoms with Crippen molar-refractivity contribution in [1.82, 2.24) is 5.16 Å². The maximum atomic E-state index is 11.3. The highest BCUT2D eigenvalue weighted by Crippen LogP contribution is 2.34. The van der Waals surface area contributed by atoms with E-state index in [9.17, 15) is 10.3 Å². The first-order valence-electron chi connectivity index (χ1n) is 5.23. The van der Waals surface area contributed by atoms with Gasteiger partial charge in [0.2, 0.25) is 5.69 Å². The third-order valence-electron chi connectivity index (χ3n) is 2.97. The van der Waals surface area contributed by atoms with Crippen LogP contribution in [0.2, 0.25) is 0 Å². The summed E-state index contributed by atoms with van der Waals surface area (Å²) in [4.78, 5) is 0.208. The fourth-order valence-electron chi connectivity index (χ4n) is 2.09. The van der Waals surface area contributed by atoms with Gasteiger partial charge in [-0.2, -0.15) is 0 Å². The van der Waals surface area contributed by atoms with E-state index < -0.39 is 5.60 Å². The van der Waals surface area contributed by atoms with E-state index in [1.54, 1.807) is 0 Å². The van der Waals surface area contributed by atoms with Crippen molar-refractivity contribution in [2.75, 3.05) is 0 Å². The first-order chi connectivity index (χ1) is 8.52. The van der Waals surface area contributed by atoms with Crippen molar-refractivity contribution in [2.45, 2.75) is 31.8 Å². The monoisotopic (exact) mass is 256 g/mol. The first-order valence-corrected chi connectivity index (χ1v) is 5.23. The number of rotatable bonds is 2. The molecule has 9 nitrogen and oxygen atoms in total. The molecule has 1 aromatic rings. The minimum atomic E-state index is -1.79. The molecule has 18 heavy (non-hydrogen) atoms. The lowest BCUT2D eigenvalue weighted by atomic mass is 9.80. The van der Waals surface area contributed by atoms with Crippen molar-refractivity contribution >= 4 is 11.4 Å². The van der Waals surface area contributed by atoms with Gasteiger partial charge >= 0.3 is 0 Å². The minimum Gasteiger partial charge on any atom is -0.411 e. The van der Waals surface area contributed by atoms with Gasteiger partial charge in [0, 0.05) is 24.4 Å². The Bertz CT molecular complexity index is 523. The number of oxime groups is 2. The van der Waals surface area contributed by atoms with E-state index in [0.29, 0.717) is 0 Å². The second-order valence-electron chi connectivity index (χ2n) is 4.14. The van der Waals surface area contributed by atoms with Gasteiger partial charge in [-0.05, 0) is 11.8 Å². The number of hydrogen-bond acceptors (Lipinski definition) is 8. The minimum absolute atomic E-state index is 0.0143. The van der Waals surface area contributed by atoms with E-state index >= 15 is 0 Å². The van der Waals surface area contributed by atoms with Gasteiger partial charge in [0.1, 0.15) is 0 Å². The Morgan fingerprint density at radius 3 is 2.89 bits per heavy atom. The zero-order chi connectivity index (χ0) is 13.3. The molecule has 0 radical (unpaired) electrons. The molecular weight excluding hydrogens is 244 g/mol. The molecule has 1 aromatic heterocycles. The van der Waals surface area contributed by atoms with Crippen molar-refractivity contribution in [1.29, 1.82) is 0 Å². The molecule has 0 saturated heterocycles. The maximum absolute atomic E-state index is 11.3.